The lowest BCUT2D eigenvalue weighted by atomic mass is 10.0. The van der Waals surface area contributed by atoms with Crippen LogP contribution in [0.4, 0.5) is 5.82 Å². The summed E-state index contributed by atoms with van der Waals surface area (Å²) in [6.45, 7) is 4.28. The average Bonchev–Trinajstić information content (AvgIpc) is 3.21. The molecule has 2 aromatic heterocycles. The predicted octanol–water partition coefficient (Wildman–Crippen LogP) is 5.34. The van der Waals surface area contributed by atoms with Crippen LogP contribution in [-0.2, 0) is 0 Å². The van der Waals surface area contributed by atoms with E-state index in [1.807, 2.05) is 59.3 Å². The molecule has 7 heteroatoms. The van der Waals surface area contributed by atoms with Gasteiger partial charge in [0.1, 0.15) is 29.3 Å². The highest BCUT2D eigenvalue weighted by Crippen LogP contribution is 2.34. The summed E-state index contributed by atoms with van der Waals surface area (Å²) in [5, 5.41) is 5.75. The smallest absolute Gasteiger partial charge is 0.164 e. The van der Waals surface area contributed by atoms with Gasteiger partial charge in [0.15, 0.2) is 5.65 Å². The number of fused-ring (bicyclic) bond motifs is 1. The number of hydrogen-bond donors (Lipinski definition) is 2. The molecule has 4 rings (SSSR count). The number of anilines is 1. The molecule has 2 atom stereocenters. The molecule has 166 valence electrons. The van der Waals surface area contributed by atoms with Crippen molar-refractivity contribution in [3.8, 4) is 22.8 Å². The minimum Gasteiger partial charge on any atom is -0.457 e. The van der Waals surface area contributed by atoms with Crippen molar-refractivity contribution in [1.82, 2.24) is 19.7 Å². The van der Waals surface area contributed by atoms with Crippen molar-refractivity contribution in [2.45, 2.75) is 51.6 Å². The zero-order valence-electron chi connectivity index (χ0n) is 18.6. The second-order valence-electron chi connectivity index (χ2n) is 8.04. The molecule has 0 aliphatic carbocycles. The van der Waals surface area contributed by atoms with Crippen LogP contribution in [0.15, 0.2) is 60.9 Å². The third kappa shape index (κ3) is 4.57. The summed E-state index contributed by atoms with van der Waals surface area (Å²) >= 11 is 0. The van der Waals surface area contributed by atoms with Crippen molar-refractivity contribution in [2.75, 3.05) is 5.73 Å². The van der Waals surface area contributed by atoms with E-state index in [4.69, 9.17) is 21.3 Å². The Labute approximate surface area is 188 Å². The van der Waals surface area contributed by atoms with Gasteiger partial charge in [0, 0.05) is 11.6 Å². The molecule has 0 aliphatic rings. The molecule has 2 heterocycles. The van der Waals surface area contributed by atoms with E-state index in [2.05, 4.69) is 23.8 Å². The first-order valence-electron chi connectivity index (χ1n) is 11.2. The molecule has 32 heavy (non-hydrogen) atoms. The van der Waals surface area contributed by atoms with Crippen molar-refractivity contribution < 1.29 is 4.74 Å². The first kappa shape index (κ1) is 21.8. The van der Waals surface area contributed by atoms with Crippen LogP contribution in [0.5, 0.6) is 11.5 Å². The SMILES string of the molecule is CCCC(CC(N)CC)n1nc(-c2ccc(Oc3ccccc3)cc2)c2c(N)ncnc21. The van der Waals surface area contributed by atoms with Gasteiger partial charge < -0.3 is 16.2 Å². The Morgan fingerprint density at radius 3 is 2.38 bits per heavy atom. The molecule has 4 N–H and O–H groups in total. The highest BCUT2D eigenvalue weighted by atomic mass is 16.5. The molecule has 0 fully saturated rings. The Kier molecular flexibility index (Phi) is 6.66. The predicted molar refractivity (Wildman–Crippen MR) is 129 cm³/mol. The van der Waals surface area contributed by atoms with Crippen LogP contribution in [0.1, 0.15) is 45.6 Å². The van der Waals surface area contributed by atoms with Gasteiger partial charge in [0.2, 0.25) is 0 Å². The number of hydrogen-bond acceptors (Lipinski definition) is 6. The third-order valence-corrected chi connectivity index (χ3v) is 5.69. The van der Waals surface area contributed by atoms with Gasteiger partial charge in [-0.3, -0.25) is 0 Å². The molecule has 0 saturated heterocycles. The molecule has 2 unspecified atom stereocenters. The van der Waals surface area contributed by atoms with Crippen molar-refractivity contribution in [3.63, 3.8) is 0 Å². The molecule has 0 radical (unpaired) electrons. The van der Waals surface area contributed by atoms with E-state index in [9.17, 15) is 0 Å². The number of rotatable bonds is 9. The maximum absolute atomic E-state index is 6.30. The summed E-state index contributed by atoms with van der Waals surface area (Å²) in [6, 6.07) is 17.8. The van der Waals surface area contributed by atoms with Gasteiger partial charge in [-0.15, -0.1) is 0 Å². The topological polar surface area (TPSA) is 105 Å². The maximum Gasteiger partial charge on any atom is 0.164 e. The number of nitrogen functional groups attached to an aromatic ring is 1. The molecule has 0 bridgehead atoms. The van der Waals surface area contributed by atoms with Crippen molar-refractivity contribution in [1.29, 1.82) is 0 Å². The lowest BCUT2D eigenvalue weighted by Gasteiger charge is -2.20. The summed E-state index contributed by atoms with van der Waals surface area (Å²) in [7, 11) is 0. The van der Waals surface area contributed by atoms with Gasteiger partial charge in [0.05, 0.1) is 11.4 Å². The Balaban J connectivity index is 1.72. The minimum atomic E-state index is 0.114. The number of nitrogens with two attached hydrogens (primary N) is 2. The number of ether oxygens (including phenoxy) is 1. The van der Waals surface area contributed by atoms with Crippen LogP contribution >= 0.6 is 0 Å². The number of para-hydroxylation sites is 1. The monoisotopic (exact) mass is 430 g/mol. The molecule has 0 spiro atoms. The maximum atomic E-state index is 6.30. The average molecular weight is 431 g/mol. The molecule has 0 amide bonds. The van der Waals surface area contributed by atoms with Crippen LogP contribution in [0.25, 0.3) is 22.3 Å². The van der Waals surface area contributed by atoms with Gasteiger partial charge in [-0.1, -0.05) is 38.5 Å². The van der Waals surface area contributed by atoms with E-state index >= 15 is 0 Å². The first-order chi connectivity index (χ1) is 15.6. The second-order valence-corrected chi connectivity index (χ2v) is 8.04. The fraction of sp³-hybridized carbons (Fsp3) is 0.320. The van der Waals surface area contributed by atoms with Crippen LogP contribution in [0.2, 0.25) is 0 Å². The summed E-state index contributed by atoms with van der Waals surface area (Å²) in [5.41, 5.74) is 15.0. The van der Waals surface area contributed by atoms with Crippen molar-refractivity contribution in [2.24, 2.45) is 5.73 Å². The van der Waals surface area contributed by atoms with Crippen LogP contribution in [0.3, 0.4) is 0 Å². The van der Waals surface area contributed by atoms with Gasteiger partial charge in [-0.05, 0) is 55.7 Å². The van der Waals surface area contributed by atoms with E-state index in [0.29, 0.717) is 5.82 Å². The van der Waals surface area contributed by atoms with Crippen molar-refractivity contribution >= 4 is 16.9 Å². The Morgan fingerprint density at radius 1 is 0.969 bits per heavy atom. The van der Waals surface area contributed by atoms with E-state index in [-0.39, 0.29) is 12.1 Å². The van der Waals surface area contributed by atoms with Crippen LogP contribution < -0.4 is 16.2 Å². The van der Waals surface area contributed by atoms with Gasteiger partial charge in [0.25, 0.3) is 0 Å². The van der Waals surface area contributed by atoms with Gasteiger partial charge in [-0.25, -0.2) is 14.6 Å². The third-order valence-electron chi connectivity index (χ3n) is 5.69. The largest absolute Gasteiger partial charge is 0.457 e. The number of benzene rings is 2. The fourth-order valence-corrected chi connectivity index (χ4v) is 3.95. The Morgan fingerprint density at radius 2 is 1.69 bits per heavy atom. The standard InChI is InChI=1S/C25H30N6O/c1-3-8-19(15-18(26)4-2)31-25-22(24(27)28-16-29-25)23(30-31)17-11-13-21(14-12-17)32-20-9-6-5-7-10-20/h5-7,9-14,16,18-19H,3-4,8,15,26H2,1-2H3,(H2,27,28,29). The van der Waals surface area contributed by atoms with Crippen LogP contribution in [-0.4, -0.2) is 25.8 Å². The summed E-state index contributed by atoms with van der Waals surface area (Å²) in [6.07, 6.45) is 5.27. The Bertz CT molecular complexity index is 1160. The zero-order valence-corrected chi connectivity index (χ0v) is 18.6. The Hall–Kier alpha value is -3.45. The van der Waals surface area contributed by atoms with Gasteiger partial charge in [-0.2, -0.15) is 5.10 Å². The molecule has 2 aromatic carbocycles. The molecule has 7 nitrogen and oxygen atoms in total. The molecule has 0 aliphatic heterocycles. The van der Waals surface area contributed by atoms with E-state index in [0.717, 1.165) is 59.5 Å². The number of nitrogens with zero attached hydrogens (tertiary/aromatic N) is 4. The van der Waals surface area contributed by atoms with E-state index in [1.54, 1.807) is 0 Å². The zero-order chi connectivity index (χ0) is 22.5. The quantitative estimate of drug-likeness (QED) is 0.371. The first-order valence-corrected chi connectivity index (χ1v) is 11.2. The lowest BCUT2D eigenvalue weighted by molar-refractivity contribution is 0.369. The molecule has 0 saturated carbocycles. The lowest BCUT2D eigenvalue weighted by Crippen LogP contribution is -2.25. The molecular weight excluding hydrogens is 400 g/mol. The van der Waals surface area contributed by atoms with E-state index < -0.39 is 0 Å². The second kappa shape index (κ2) is 9.78. The minimum absolute atomic E-state index is 0.114. The summed E-state index contributed by atoms with van der Waals surface area (Å²) in [5.74, 6) is 1.98. The highest BCUT2D eigenvalue weighted by molar-refractivity contribution is 5.98. The van der Waals surface area contributed by atoms with Gasteiger partial charge >= 0.3 is 0 Å². The fourth-order valence-electron chi connectivity index (χ4n) is 3.95. The van der Waals surface area contributed by atoms with Crippen molar-refractivity contribution in [3.05, 3.63) is 60.9 Å². The highest BCUT2D eigenvalue weighted by Gasteiger charge is 2.23. The summed E-state index contributed by atoms with van der Waals surface area (Å²) in [4.78, 5) is 8.77. The molecular formula is C25H30N6O. The summed E-state index contributed by atoms with van der Waals surface area (Å²) < 4.78 is 7.92. The van der Waals surface area contributed by atoms with Crippen LogP contribution in [0, 0.1) is 0 Å². The van der Waals surface area contributed by atoms with E-state index in [1.165, 1.54) is 6.33 Å². The molecule has 4 aromatic rings. The number of aromatic nitrogens is 4. The normalized spacial score (nSPS) is 13.2.